The number of alkyl carbamates (subject to hydrolysis) is 1. The molecule has 0 fully saturated rings. The van der Waals surface area contributed by atoms with Crippen molar-refractivity contribution in [1.82, 2.24) is 15.5 Å². The molecule has 2 atom stereocenters. The van der Waals surface area contributed by atoms with Gasteiger partial charge < -0.3 is 20.5 Å². The highest BCUT2D eigenvalue weighted by Crippen LogP contribution is 2.25. The molecule has 39 heavy (non-hydrogen) atoms. The first kappa shape index (κ1) is 28.8. The quantitative estimate of drug-likeness (QED) is 0.284. The van der Waals surface area contributed by atoms with Crippen LogP contribution >= 0.6 is 0 Å². The van der Waals surface area contributed by atoms with Crippen molar-refractivity contribution in [3.05, 3.63) is 102 Å². The number of terminal acetylenes is 1. The topological polar surface area (TPSA) is 108 Å². The molecule has 3 rings (SSSR count). The van der Waals surface area contributed by atoms with Gasteiger partial charge >= 0.3 is 6.09 Å². The highest BCUT2D eigenvalue weighted by atomic mass is 16.6. The van der Waals surface area contributed by atoms with E-state index in [1.54, 1.807) is 20.8 Å². The van der Waals surface area contributed by atoms with Crippen LogP contribution in [0.3, 0.4) is 0 Å². The van der Waals surface area contributed by atoms with Crippen molar-refractivity contribution in [3.63, 3.8) is 0 Å². The lowest BCUT2D eigenvalue weighted by Gasteiger charge is -2.30. The number of rotatable bonds is 9. The summed E-state index contributed by atoms with van der Waals surface area (Å²) >= 11 is 0. The summed E-state index contributed by atoms with van der Waals surface area (Å²) in [6, 6.07) is 24.3. The van der Waals surface area contributed by atoms with Crippen LogP contribution in [0.4, 0.5) is 4.79 Å². The third kappa shape index (κ3) is 8.64. The maximum absolute atomic E-state index is 13.9. The minimum absolute atomic E-state index is 0.00526. The van der Waals surface area contributed by atoms with Crippen molar-refractivity contribution < 1.29 is 24.2 Å². The smallest absolute Gasteiger partial charge is 0.408 e. The molecule has 0 saturated carbocycles. The van der Waals surface area contributed by atoms with Gasteiger partial charge in [-0.1, -0.05) is 79.2 Å². The van der Waals surface area contributed by atoms with Gasteiger partial charge in [0.2, 0.25) is 5.91 Å². The zero-order valence-corrected chi connectivity index (χ0v) is 22.3. The summed E-state index contributed by atoms with van der Waals surface area (Å²) in [5.41, 5.74) is 1.24. The summed E-state index contributed by atoms with van der Waals surface area (Å²) in [6.07, 6.45) is 5.16. The van der Waals surface area contributed by atoms with Crippen molar-refractivity contribution in [2.24, 2.45) is 0 Å². The van der Waals surface area contributed by atoms with Gasteiger partial charge in [0.15, 0.2) is 0 Å². The van der Waals surface area contributed by atoms with Crippen molar-refractivity contribution in [3.8, 4) is 18.2 Å². The summed E-state index contributed by atoms with van der Waals surface area (Å²) in [5, 5.41) is 15.3. The van der Waals surface area contributed by atoms with Crippen molar-refractivity contribution in [2.45, 2.75) is 51.4 Å². The first-order valence-electron chi connectivity index (χ1n) is 12.5. The van der Waals surface area contributed by atoms with Gasteiger partial charge in [-0.2, -0.15) is 0 Å². The predicted octanol–water partition coefficient (Wildman–Crippen LogP) is 4.31. The van der Waals surface area contributed by atoms with Gasteiger partial charge in [-0.05, 0) is 49.6 Å². The molecule has 3 amide bonds. The van der Waals surface area contributed by atoms with E-state index < -0.39 is 35.6 Å². The maximum atomic E-state index is 13.9. The molecule has 3 aromatic rings. The monoisotopic (exact) mass is 527 g/mol. The number of phenols is 1. The molecule has 202 valence electrons. The number of nitrogens with zero attached hydrogens (tertiary/aromatic N) is 1. The Morgan fingerprint density at radius 3 is 2.03 bits per heavy atom. The average molecular weight is 528 g/mol. The molecule has 0 radical (unpaired) electrons. The molecule has 0 aliphatic carbocycles. The summed E-state index contributed by atoms with van der Waals surface area (Å²) in [5.74, 6) is -1.19. The number of benzene rings is 3. The minimum Gasteiger partial charge on any atom is -0.508 e. The lowest BCUT2D eigenvalue weighted by molar-refractivity contribution is -0.138. The number of carbonyl (C=O) groups is 3. The Kier molecular flexibility index (Phi) is 9.71. The highest BCUT2D eigenvalue weighted by Gasteiger charge is 2.36. The number of amides is 3. The molecule has 0 spiro atoms. The van der Waals surface area contributed by atoms with Gasteiger partial charge in [-0.15, -0.1) is 0 Å². The van der Waals surface area contributed by atoms with E-state index in [-0.39, 0.29) is 18.7 Å². The Morgan fingerprint density at radius 1 is 0.923 bits per heavy atom. The number of hydrogen-bond donors (Lipinski definition) is 3. The van der Waals surface area contributed by atoms with Crippen LogP contribution in [-0.4, -0.2) is 39.6 Å². The fraction of sp³-hybridized carbons (Fsp3) is 0.258. The molecule has 8 nitrogen and oxygen atoms in total. The van der Waals surface area contributed by atoms with Crippen LogP contribution in [0.1, 0.15) is 43.5 Å². The molecule has 3 aromatic carbocycles. The average Bonchev–Trinajstić information content (AvgIpc) is 2.90. The first-order valence-corrected chi connectivity index (χ1v) is 12.5. The Labute approximate surface area is 229 Å². The number of phenolic OH excluding ortho intramolecular Hbond substituents is 1. The second-order valence-corrected chi connectivity index (χ2v) is 9.92. The van der Waals surface area contributed by atoms with E-state index in [9.17, 15) is 19.5 Å². The minimum atomic E-state index is -1.23. The lowest BCUT2D eigenvalue weighted by Crippen LogP contribution is -2.52. The Balaban J connectivity index is 1.94. The normalized spacial score (nSPS) is 12.4. The molecular formula is C31H33N3O5. The van der Waals surface area contributed by atoms with Gasteiger partial charge in [0.1, 0.15) is 23.4 Å². The first-order chi connectivity index (χ1) is 18.6. The fourth-order valence-electron chi connectivity index (χ4n) is 3.89. The zero-order chi connectivity index (χ0) is 28.4. The van der Waals surface area contributed by atoms with E-state index in [1.807, 2.05) is 60.7 Å². The van der Waals surface area contributed by atoms with Crippen molar-refractivity contribution in [2.75, 3.05) is 0 Å². The van der Waals surface area contributed by atoms with Crippen LogP contribution in [0.5, 0.6) is 5.75 Å². The second-order valence-electron chi connectivity index (χ2n) is 9.92. The van der Waals surface area contributed by atoms with E-state index >= 15 is 0 Å². The number of hydrogen-bond acceptors (Lipinski definition) is 5. The van der Waals surface area contributed by atoms with E-state index in [4.69, 9.17) is 11.2 Å². The SMILES string of the molecule is C#CN(C(=O)C(Cc1ccccc1)NC(=O)OC(C)(C)C)C(C(=O)NCc1ccccc1)c1ccc(O)cc1. The Morgan fingerprint density at radius 2 is 1.49 bits per heavy atom. The molecule has 8 heteroatoms. The fourth-order valence-corrected chi connectivity index (χ4v) is 3.89. The van der Waals surface area contributed by atoms with Crippen LogP contribution in [0, 0.1) is 12.5 Å². The van der Waals surface area contributed by atoms with Crippen LogP contribution in [0.2, 0.25) is 0 Å². The third-order valence-corrected chi connectivity index (χ3v) is 5.67. The molecule has 3 N–H and O–H groups in total. The Hall–Kier alpha value is -4.77. The Bertz CT molecular complexity index is 1300. The summed E-state index contributed by atoms with van der Waals surface area (Å²) in [4.78, 5) is 41.1. The second kappa shape index (κ2) is 13.2. The number of nitrogens with one attached hydrogen (secondary N) is 2. The summed E-state index contributed by atoms with van der Waals surface area (Å²) in [7, 11) is 0. The van der Waals surface area contributed by atoms with Gasteiger partial charge in [0.25, 0.3) is 5.91 Å². The maximum Gasteiger partial charge on any atom is 0.408 e. The molecule has 0 aromatic heterocycles. The van der Waals surface area contributed by atoms with E-state index in [0.29, 0.717) is 5.56 Å². The molecule has 2 unspecified atom stereocenters. The van der Waals surface area contributed by atoms with Crippen LogP contribution in [0.15, 0.2) is 84.9 Å². The van der Waals surface area contributed by atoms with E-state index in [0.717, 1.165) is 16.0 Å². The van der Waals surface area contributed by atoms with Gasteiger partial charge in [-0.3, -0.25) is 14.5 Å². The predicted molar refractivity (Wildman–Crippen MR) is 148 cm³/mol. The van der Waals surface area contributed by atoms with Crippen molar-refractivity contribution >= 4 is 17.9 Å². The highest BCUT2D eigenvalue weighted by molar-refractivity contribution is 5.93. The largest absolute Gasteiger partial charge is 0.508 e. The van der Waals surface area contributed by atoms with Crippen LogP contribution in [0.25, 0.3) is 0 Å². The molecule has 0 bridgehead atoms. The zero-order valence-electron chi connectivity index (χ0n) is 22.3. The van der Waals surface area contributed by atoms with Gasteiger partial charge in [-0.25, -0.2) is 4.79 Å². The van der Waals surface area contributed by atoms with Crippen molar-refractivity contribution in [1.29, 1.82) is 0 Å². The summed E-state index contributed by atoms with van der Waals surface area (Å²) in [6.45, 7) is 5.36. The standard InChI is InChI=1S/C31H33N3O5/c1-5-34(29(37)26(20-22-12-8-6-9-13-22)33-30(38)39-31(2,3)4)27(24-16-18-25(35)19-17-24)28(36)32-21-23-14-10-7-11-15-23/h1,6-19,26-27,35H,20-21H2,2-4H3,(H,32,36)(H,33,38). The van der Waals surface area contributed by atoms with Crippen LogP contribution < -0.4 is 10.6 Å². The number of aromatic hydroxyl groups is 1. The third-order valence-electron chi connectivity index (χ3n) is 5.67. The molecule has 0 heterocycles. The molecular weight excluding hydrogens is 494 g/mol. The van der Waals surface area contributed by atoms with E-state index in [2.05, 4.69) is 16.7 Å². The number of ether oxygens (including phenoxy) is 1. The van der Waals surface area contributed by atoms with E-state index in [1.165, 1.54) is 24.3 Å². The molecule has 0 aliphatic rings. The molecule has 0 saturated heterocycles. The van der Waals surface area contributed by atoms with Crippen LogP contribution in [-0.2, 0) is 27.3 Å². The lowest BCUT2D eigenvalue weighted by atomic mass is 10.0. The summed E-state index contributed by atoms with van der Waals surface area (Å²) < 4.78 is 5.38. The van der Waals surface area contributed by atoms with Gasteiger partial charge in [0.05, 0.1) is 0 Å². The molecule has 0 aliphatic heterocycles. The van der Waals surface area contributed by atoms with Gasteiger partial charge in [0, 0.05) is 19.0 Å². The number of carbonyl (C=O) groups excluding carboxylic acids is 3.